The lowest BCUT2D eigenvalue weighted by atomic mass is 9.67. The number of nitrogens with one attached hydrogen (secondary N) is 1. The van der Waals surface area contributed by atoms with Gasteiger partial charge >= 0.3 is 0 Å². The first-order valence-electron chi connectivity index (χ1n) is 16.6. The Labute approximate surface area is 281 Å². The summed E-state index contributed by atoms with van der Waals surface area (Å²) < 4.78 is 0. The molecule has 48 heavy (non-hydrogen) atoms. The molecule has 6 aromatic carbocycles. The van der Waals surface area contributed by atoms with E-state index in [-0.39, 0.29) is 0 Å². The lowest BCUT2D eigenvalue weighted by Gasteiger charge is -2.37. The summed E-state index contributed by atoms with van der Waals surface area (Å²) in [4.78, 5) is 10.0. The van der Waals surface area contributed by atoms with Gasteiger partial charge < -0.3 is 4.98 Å². The van der Waals surface area contributed by atoms with Crippen LogP contribution in [0.15, 0.2) is 169 Å². The largest absolute Gasteiger partial charge is 0.354 e. The molecule has 2 heterocycles. The molecule has 1 aliphatic heterocycles. The normalized spacial score (nSPS) is 16.2. The first-order chi connectivity index (χ1) is 23.6. The fraction of sp³-hybridized carbons (Fsp3) is 0.0652. The number of aromatic nitrogens is 1. The van der Waals surface area contributed by atoms with E-state index in [9.17, 15) is 0 Å². The number of hydrogen-bond donors (Lipinski definition) is 1. The van der Waals surface area contributed by atoms with E-state index in [1.54, 1.807) is 0 Å². The smallest absolute Gasteiger partial charge is 0.140 e. The van der Waals surface area contributed by atoms with Crippen LogP contribution < -0.4 is 0 Å². The zero-order valence-corrected chi connectivity index (χ0v) is 27.0. The number of aliphatic imine (C=N–C) groups is 1. The maximum absolute atomic E-state index is 5.96. The van der Waals surface area contributed by atoms with E-state index < -0.39 is 5.54 Å². The molecule has 7 aromatic rings. The quantitative estimate of drug-likeness (QED) is 0.200. The van der Waals surface area contributed by atoms with Crippen molar-refractivity contribution in [2.24, 2.45) is 4.99 Å². The summed E-state index contributed by atoms with van der Waals surface area (Å²) in [6.45, 7) is 4.35. The first kappa shape index (κ1) is 28.3. The van der Waals surface area contributed by atoms with Crippen LogP contribution in [0.4, 0.5) is 0 Å². The highest BCUT2D eigenvalue weighted by atomic mass is 15.0. The van der Waals surface area contributed by atoms with Gasteiger partial charge in [-0.3, -0.25) is 4.99 Å². The first-order valence-corrected chi connectivity index (χ1v) is 16.6. The molecule has 0 saturated carbocycles. The van der Waals surface area contributed by atoms with Crippen LogP contribution in [0.5, 0.6) is 0 Å². The van der Waals surface area contributed by atoms with Gasteiger partial charge in [0.05, 0.1) is 17.1 Å². The second-order valence-corrected chi connectivity index (χ2v) is 12.9. The highest BCUT2D eigenvalue weighted by Crippen LogP contribution is 2.62. The number of allylic oxidation sites excluding steroid dienone is 1. The van der Waals surface area contributed by atoms with Crippen molar-refractivity contribution in [3.8, 4) is 33.5 Å². The minimum Gasteiger partial charge on any atom is -0.354 e. The van der Waals surface area contributed by atoms with Crippen molar-refractivity contribution in [1.82, 2.24) is 4.98 Å². The van der Waals surface area contributed by atoms with Crippen LogP contribution in [-0.2, 0) is 5.54 Å². The molecule has 2 aliphatic rings. The van der Waals surface area contributed by atoms with Crippen molar-refractivity contribution < 1.29 is 0 Å². The van der Waals surface area contributed by atoms with Gasteiger partial charge in [0.15, 0.2) is 0 Å². The molecule has 0 saturated heterocycles. The zero-order valence-electron chi connectivity index (χ0n) is 27.0. The Hall–Kier alpha value is -5.99. The van der Waals surface area contributed by atoms with Crippen LogP contribution in [-0.4, -0.2) is 10.7 Å². The third-order valence-electron chi connectivity index (χ3n) is 9.92. The lowest BCUT2D eigenvalue weighted by Crippen LogP contribution is -2.30. The van der Waals surface area contributed by atoms with Crippen LogP contribution in [0.25, 0.3) is 44.7 Å². The molecule has 1 aromatic heterocycles. The van der Waals surface area contributed by atoms with Crippen molar-refractivity contribution in [2.75, 3.05) is 0 Å². The number of hydrogen-bond acceptors (Lipinski definition) is 1. The number of H-pyrrole nitrogens is 1. The summed E-state index contributed by atoms with van der Waals surface area (Å²) in [5, 5.41) is 0. The van der Waals surface area contributed by atoms with Crippen LogP contribution in [0.3, 0.4) is 0 Å². The summed E-state index contributed by atoms with van der Waals surface area (Å²) in [5.74, 6) is 0. The van der Waals surface area contributed by atoms with Crippen molar-refractivity contribution >= 4 is 16.9 Å². The second-order valence-electron chi connectivity index (χ2n) is 12.9. The molecule has 0 fully saturated rings. The number of rotatable bonds is 5. The average Bonchev–Trinajstić information content (AvgIpc) is 3.72. The van der Waals surface area contributed by atoms with E-state index in [0.29, 0.717) is 0 Å². The lowest BCUT2D eigenvalue weighted by molar-refractivity contribution is 0.711. The summed E-state index contributed by atoms with van der Waals surface area (Å²) >= 11 is 0. The monoisotopic (exact) mass is 614 g/mol. The van der Waals surface area contributed by atoms with Crippen LogP contribution in [0, 0.1) is 13.8 Å². The molecule has 1 atom stereocenters. The predicted octanol–water partition coefficient (Wildman–Crippen LogP) is 11.3. The van der Waals surface area contributed by atoms with Gasteiger partial charge in [-0.1, -0.05) is 175 Å². The molecular formula is C46H34N2. The topological polar surface area (TPSA) is 28.1 Å². The van der Waals surface area contributed by atoms with E-state index in [4.69, 9.17) is 4.99 Å². The van der Waals surface area contributed by atoms with E-state index >= 15 is 0 Å². The van der Waals surface area contributed by atoms with Gasteiger partial charge in [0, 0.05) is 27.8 Å². The molecule has 2 nitrogen and oxygen atoms in total. The molecule has 1 unspecified atom stereocenters. The van der Waals surface area contributed by atoms with Crippen LogP contribution in [0.2, 0.25) is 0 Å². The van der Waals surface area contributed by atoms with Crippen LogP contribution >= 0.6 is 0 Å². The van der Waals surface area contributed by atoms with Gasteiger partial charge in [0.1, 0.15) is 5.54 Å². The molecule has 9 rings (SSSR count). The molecule has 0 spiro atoms. The maximum Gasteiger partial charge on any atom is 0.140 e. The molecule has 0 bridgehead atoms. The fourth-order valence-corrected chi connectivity index (χ4v) is 7.78. The number of benzene rings is 6. The standard InChI is InChI=1S/C46H34N2/c1-30-23-26-36(27-24-30)46-38-29-31(2)25-28-37(38)41-39(32-15-7-3-8-16-32)43(34-19-11-5-12-20-34)47-45(41)42(46)40(33-17-9-4-10-18-33)44(48-46)35-21-13-6-14-22-35/h3-29,47H,1-2H3. The molecular weight excluding hydrogens is 581 g/mol. The van der Waals surface area contributed by atoms with E-state index in [2.05, 4.69) is 183 Å². The van der Waals surface area contributed by atoms with Crippen molar-refractivity contribution in [1.29, 1.82) is 0 Å². The van der Waals surface area contributed by atoms with Gasteiger partial charge in [-0.05, 0) is 47.2 Å². The highest BCUT2D eigenvalue weighted by Gasteiger charge is 2.52. The Morgan fingerprint density at radius 1 is 0.479 bits per heavy atom. The number of nitrogens with zero attached hydrogens (tertiary/aromatic N) is 1. The molecule has 2 heteroatoms. The summed E-state index contributed by atoms with van der Waals surface area (Å²) in [5.41, 5.74) is 17.9. The Morgan fingerprint density at radius 2 is 1.02 bits per heavy atom. The summed E-state index contributed by atoms with van der Waals surface area (Å²) in [6.07, 6.45) is 0. The fourth-order valence-electron chi connectivity index (χ4n) is 7.78. The van der Waals surface area contributed by atoms with Crippen molar-refractivity contribution in [3.05, 3.63) is 203 Å². The van der Waals surface area contributed by atoms with Crippen LogP contribution in [0.1, 0.15) is 39.1 Å². The Morgan fingerprint density at radius 3 is 1.65 bits per heavy atom. The Bertz CT molecular complexity index is 2360. The molecule has 0 amide bonds. The minimum atomic E-state index is -0.773. The molecule has 1 N–H and O–H groups in total. The average molecular weight is 615 g/mol. The van der Waals surface area contributed by atoms with Gasteiger partial charge in [-0.15, -0.1) is 0 Å². The van der Waals surface area contributed by atoms with E-state index in [0.717, 1.165) is 44.9 Å². The predicted molar refractivity (Wildman–Crippen MR) is 200 cm³/mol. The van der Waals surface area contributed by atoms with Crippen molar-refractivity contribution in [3.63, 3.8) is 0 Å². The Balaban J connectivity index is 1.51. The van der Waals surface area contributed by atoms with E-state index in [1.807, 2.05) is 0 Å². The third kappa shape index (κ3) is 4.23. The van der Waals surface area contributed by atoms with Gasteiger partial charge in [-0.2, -0.15) is 0 Å². The van der Waals surface area contributed by atoms with Gasteiger partial charge in [0.2, 0.25) is 0 Å². The minimum absolute atomic E-state index is 0.773. The summed E-state index contributed by atoms with van der Waals surface area (Å²) in [7, 11) is 0. The SMILES string of the molecule is Cc1ccc(C23N=C(c4ccccc4)C(c4ccccc4)=C2c2[nH]c(-c4ccccc4)c(-c4ccccc4)c2-c2ccc(C)cc23)cc1. The molecule has 1 aliphatic carbocycles. The maximum atomic E-state index is 5.96. The zero-order chi connectivity index (χ0) is 32.2. The van der Waals surface area contributed by atoms with Gasteiger partial charge in [0.25, 0.3) is 0 Å². The number of aromatic amines is 1. The molecule has 0 radical (unpaired) electrons. The number of fused-ring (bicyclic) bond motifs is 6. The summed E-state index contributed by atoms with van der Waals surface area (Å²) in [6, 6.07) is 59.1. The van der Waals surface area contributed by atoms with Gasteiger partial charge in [-0.25, -0.2) is 0 Å². The third-order valence-corrected chi connectivity index (χ3v) is 9.92. The number of aryl methyl sites for hydroxylation is 2. The van der Waals surface area contributed by atoms with E-state index in [1.165, 1.54) is 44.5 Å². The highest BCUT2D eigenvalue weighted by molar-refractivity contribution is 6.41. The van der Waals surface area contributed by atoms with Crippen molar-refractivity contribution in [2.45, 2.75) is 19.4 Å². The second kappa shape index (κ2) is 11.1. The molecule has 228 valence electrons. The Kier molecular flexibility index (Phi) is 6.51.